The quantitative estimate of drug-likeness (QED) is 0.844. The molecule has 0 aliphatic heterocycles. The van der Waals surface area contributed by atoms with Crippen LogP contribution in [-0.2, 0) is 16.5 Å². The van der Waals surface area contributed by atoms with Crippen LogP contribution in [-0.4, -0.2) is 15.0 Å². The molecule has 112 valence electrons. The molecule has 0 aliphatic rings. The Morgan fingerprint density at radius 1 is 1.00 bits per heavy atom. The van der Waals surface area contributed by atoms with Crippen molar-refractivity contribution in [1.82, 2.24) is 0 Å². The zero-order valence-corrected chi connectivity index (χ0v) is 13.3. The van der Waals surface area contributed by atoms with E-state index in [-0.39, 0.29) is 20.7 Å². The van der Waals surface area contributed by atoms with E-state index in [0.29, 0.717) is 6.54 Å². The molecular weight excluding hydrogens is 333 g/mol. The SMILES string of the molecule is NCCc1ccc(OS(=O)(=O)c2cc(Cl)cc(Cl)c2)cc1. The van der Waals surface area contributed by atoms with Gasteiger partial charge in [0.2, 0.25) is 0 Å². The van der Waals surface area contributed by atoms with Crippen LogP contribution in [0.15, 0.2) is 47.4 Å². The molecule has 2 N–H and O–H groups in total. The number of nitrogens with two attached hydrogens (primary N) is 1. The molecule has 0 amide bonds. The lowest BCUT2D eigenvalue weighted by atomic mass is 10.1. The van der Waals surface area contributed by atoms with Crippen molar-refractivity contribution in [1.29, 1.82) is 0 Å². The summed E-state index contributed by atoms with van der Waals surface area (Å²) in [6.45, 7) is 0.527. The van der Waals surface area contributed by atoms with Gasteiger partial charge < -0.3 is 9.92 Å². The molecule has 0 saturated carbocycles. The second kappa shape index (κ2) is 6.66. The van der Waals surface area contributed by atoms with Crippen LogP contribution in [0.25, 0.3) is 0 Å². The molecule has 2 rings (SSSR count). The summed E-state index contributed by atoms with van der Waals surface area (Å²) in [6.07, 6.45) is 0.719. The van der Waals surface area contributed by atoms with Crippen LogP contribution in [0.5, 0.6) is 5.75 Å². The van der Waals surface area contributed by atoms with Crippen LogP contribution in [0.2, 0.25) is 10.0 Å². The largest absolute Gasteiger partial charge is 0.379 e. The molecule has 4 nitrogen and oxygen atoms in total. The van der Waals surface area contributed by atoms with Gasteiger partial charge in [-0.1, -0.05) is 35.3 Å². The van der Waals surface area contributed by atoms with Gasteiger partial charge in [0, 0.05) is 10.0 Å². The first-order chi connectivity index (χ1) is 9.90. The third kappa shape index (κ3) is 4.35. The molecule has 0 fully saturated rings. The normalized spacial score (nSPS) is 11.4. The summed E-state index contributed by atoms with van der Waals surface area (Å²) < 4.78 is 29.4. The highest BCUT2D eigenvalue weighted by molar-refractivity contribution is 7.87. The van der Waals surface area contributed by atoms with Crippen molar-refractivity contribution >= 4 is 33.3 Å². The Morgan fingerprint density at radius 2 is 1.57 bits per heavy atom. The molecule has 0 heterocycles. The van der Waals surface area contributed by atoms with E-state index in [1.165, 1.54) is 18.2 Å². The van der Waals surface area contributed by atoms with Crippen molar-refractivity contribution in [2.75, 3.05) is 6.54 Å². The topological polar surface area (TPSA) is 69.4 Å². The van der Waals surface area contributed by atoms with Crippen LogP contribution >= 0.6 is 23.2 Å². The van der Waals surface area contributed by atoms with Crippen molar-refractivity contribution in [3.63, 3.8) is 0 Å². The minimum absolute atomic E-state index is 0.0916. The van der Waals surface area contributed by atoms with Crippen molar-refractivity contribution in [3.05, 3.63) is 58.1 Å². The van der Waals surface area contributed by atoms with Gasteiger partial charge in [0.15, 0.2) is 0 Å². The van der Waals surface area contributed by atoms with Gasteiger partial charge in [0.25, 0.3) is 0 Å². The van der Waals surface area contributed by atoms with E-state index >= 15 is 0 Å². The summed E-state index contributed by atoms with van der Waals surface area (Å²) in [6, 6.07) is 10.7. The first-order valence-corrected chi connectivity index (χ1v) is 8.27. The Kier molecular flexibility index (Phi) is 5.11. The van der Waals surface area contributed by atoms with Gasteiger partial charge in [-0.2, -0.15) is 8.42 Å². The summed E-state index contributed by atoms with van der Waals surface area (Å²) in [5.41, 5.74) is 6.46. The Bertz CT molecular complexity index is 710. The van der Waals surface area contributed by atoms with E-state index in [9.17, 15) is 8.42 Å². The Morgan fingerprint density at radius 3 is 2.10 bits per heavy atom. The molecule has 0 radical (unpaired) electrons. The van der Waals surface area contributed by atoms with Crippen LogP contribution in [0, 0.1) is 0 Å². The van der Waals surface area contributed by atoms with E-state index in [1.54, 1.807) is 24.3 Å². The summed E-state index contributed by atoms with van der Waals surface area (Å²) in [7, 11) is -3.98. The molecule has 0 saturated heterocycles. The molecule has 2 aromatic rings. The third-order valence-corrected chi connectivity index (χ3v) is 4.35. The lowest BCUT2D eigenvalue weighted by Gasteiger charge is -2.08. The van der Waals surface area contributed by atoms with Crippen molar-refractivity contribution in [2.24, 2.45) is 5.73 Å². The Balaban J connectivity index is 2.24. The van der Waals surface area contributed by atoms with E-state index < -0.39 is 10.1 Å². The number of hydrogen-bond acceptors (Lipinski definition) is 4. The van der Waals surface area contributed by atoms with Crippen LogP contribution < -0.4 is 9.92 Å². The Hall–Kier alpha value is -1.27. The fourth-order valence-electron chi connectivity index (χ4n) is 1.73. The zero-order valence-electron chi connectivity index (χ0n) is 10.9. The fraction of sp³-hybridized carbons (Fsp3) is 0.143. The minimum Gasteiger partial charge on any atom is -0.379 e. The monoisotopic (exact) mass is 345 g/mol. The summed E-state index contributed by atoms with van der Waals surface area (Å²) in [5.74, 6) is 0.215. The predicted molar refractivity (Wildman–Crippen MR) is 83.5 cm³/mol. The van der Waals surface area contributed by atoms with Gasteiger partial charge >= 0.3 is 10.1 Å². The van der Waals surface area contributed by atoms with Crippen LogP contribution in [0.3, 0.4) is 0 Å². The molecule has 0 aromatic heterocycles. The van der Waals surface area contributed by atoms with Crippen LogP contribution in [0.1, 0.15) is 5.56 Å². The first-order valence-electron chi connectivity index (χ1n) is 6.10. The lowest BCUT2D eigenvalue weighted by Crippen LogP contribution is -2.10. The predicted octanol–water partition coefficient (Wildman–Crippen LogP) is 3.26. The average Bonchev–Trinajstić information content (AvgIpc) is 2.40. The van der Waals surface area contributed by atoms with Gasteiger partial charge in [0.1, 0.15) is 10.6 Å². The maximum absolute atomic E-state index is 12.2. The molecule has 0 spiro atoms. The summed E-state index contributed by atoms with van der Waals surface area (Å²) >= 11 is 11.6. The second-order valence-electron chi connectivity index (χ2n) is 4.33. The van der Waals surface area contributed by atoms with Gasteiger partial charge in [0.05, 0.1) is 0 Å². The van der Waals surface area contributed by atoms with E-state index in [1.807, 2.05) is 0 Å². The van der Waals surface area contributed by atoms with Crippen molar-refractivity contribution in [3.8, 4) is 5.75 Å². The van der Waals surface area contributed by atoms with E-state index in [2.05, 4.69) is 0 Å². The number of halogens is 2. The molecule has 21 heavy (non-hydrogen) atoms. The average molecular weight is 346 g/mol. The maximum atomic E-state index is 12.2. The molecule has 0 bridgehead atoms. The van der Waals surface area contributed by atoms with Gasteiger partial charge in [-0.05, 0) is 48.9 Å². The standard InChI is InChI=1S/C14H13Cl2NO3S/c15-11-7-12(16)9-14(8-11)21(18,19)20-13-3-1-10(2-4-13)5-6-17/h1-4,7-9H,5-6,17H2. The molecule has 2 aromatic carbocycles. The molecule has 0 unspecified atom stereocenters. The smallest absolute Gasteiger partial charge is 0.339 e. The van der Waals surface area contributed by atoms with Crippen molar-refractivity contribution in [2.45, 2.75) is 11.3 Å². The summed E-state index contributed by atoms with van der Waals surface area (Å²) in [4.78, 5) is -0.0916. The Labute approximate surface area is 133 Å². The molecule has 7 heteroatoms. The van der Waals surface area contributed by atoms with Gasteiger partial charge in [-0.25, -0.2) is 0 Å². The minimum atomic E-state index is -3.98. The van der Waals surface area contributed by atoms with E-state index in [4.69, 9.17) is 33.1 Å². The molecule has 0 atom stereocenters. The van der Waals surface area contributed by atoms with Gasteiger partial charge in [-0.15, -0.1) is 0 Å². The lowest BCUT2D eigenvalue weighted by molar-refractivity contribution is 0.486. The number of hydrogen-bond donors (Lipinski definition) is 1. The fourth-order valence-corrected chi connectivity index (χ4v) is 3.38. The summed E-state index contributed by atoms with van der Waals surface area (Å²) in [5, 5.41) is 0.450. The maximum Gasteiger partial charge on any atom is 0.339 e. The third-order valence-electron chi connectivity index (χ3n) is 2.69. The number of rotatable bonds is 5. The highest BCUT2D eigenvalue weighted by Crippen LogP contribution is 2.25. The van der Waals surface area contributed by atoms with Crippen molar-refractivity contribution < 1.29 is 12.6 Å². The zero-order chi connectivity index (χ0) is 15.5. The molecular formula is C14H13Cl2NO3S. The second-order valence-corrected chi connectivity index (χ2v) is 6.74. The van der Waals surface area contributed by atoms with Crippen LogP contribution in [0.4, 0.5) is 0 Å². The molecule has 0 aliphatic carbocycles. The number of benzene rings is 2. The van der Waals surface area contributed by atoms with E-state index in [0.717, 1.165) is 12.0 Å². The van der Waals surface area contributed by atoms with Gasteiger partial charge in [-0.3, -0.25) is 0 Å². The first kappa shape index (κ1) is 16.1. The highest BCUT2D eigenvalue weighted by atomic mass is 35.5. The highest BCUT2D eigenvalue weighted by Gasteiger charge is 2.18.